The molecule has 1 aliphatic carbocycles. The lowest BCUT2D eigenvalue weighted by atomic mass is 10.2. The Morgan fingerprint density at radius 3 is 2.81 bits per heavy atom. The molecule has 0 bridgehead atoms. The van der Waals surface area contributed by atoms with Crippen LogP contribution >= 0.6 is 11.8 Å². The number of nitrogens with zero attached hydrogens (tertiary/aromatic N) is 2. The van der Waals surface area contributed by atoms with Gasteiger partial charge in [-0.15, -0.1) is 0 Å². The molecule has 0 spiro atoms. The Kier molecular flexibility index (Phi) is 5.56. The molecule has 1 fully saturated rings. The molecule has 2 N–H and O–H groups in total. The van der Waals surface area contributed by atoms with Crippen LogP contribution in [0.15, 0.2) is 12.3 Å². The van der Waals surface area contributed by atoms with Crippen LogP contribution in [-0.2, 0) is 0 Å². The smallest absolute Gasteiger partial charge is 0.320 e. The topological polar surface area (TPSA) is 59.0 Å². The normalized spacial score (nSPS) is 16.1. The average molecular weight is 310 g/mol. The Hall–Kier alpha value is -1.17. The first-order chi connectivity index (χ1) is 9.96. The van der Waals surface area contributed by atoms with Gasteiger partial charge in [-0.25, -0.2) is 9.48 Å². The Morgan fingerprint density at radius 2 is 2.14 bits per heavy atom. The van der Waals surface area contributed by atoms with Crippen LogP contribution in [-0.4, -0.2) is 32.9 Å². The van der Waals surface area contributed by atoms with Crippen LogP contribution in [0.25, 0.3) is 0 Å². The van der Waals surface area contributed by atoms with E-state index in [1.165, 1.54) is 12.8 Å². The summed E-state index contributed by atoms with van der Waals surface area (Å²) in [5.41, 5.74) is 0. The maximum atomic E-state index is 11.9. The summed E-state index contributed by atoms with van der Waals surface area (Å²) in [5.74, 6) is 1.71. The lowest BCUT2D eigenvalue weighted by Crippen LogP contribution is -2.32. The molecule has 1 aliphatic rings. The fourth-order valence-corrected chi connectivity index (χ4v) is 3.35. The number of carbonyl (C=O) groups excluding carboxylic acids is 1. The average Bonchev–Trinajstić information content (AvgIpc) is 3.03. The van der Waals surface area contributed by atoms with Gasteiger partial charge in [0.2, 0.25) is 0 Å². The number of aromatic nitrogens is 2. The van der Waals surface area contributed by atoms with Gasteiger partial charge in [0.1, 0.15) is 5.82 Å². The van der Waals surface area contributed by atoms with Crippen LogP contribution in [0.1, 0.15) is 52.5 Å². The summed E-state index contributed by atoms with van der Waals surface area (Å²) in [6.07, 6.45) is 6.56. The number of amides is 2. The molecule has 0 radical (unpaired) electrons. The third-order valence-corrected chi connectivity index (χ3v) is 4.78. The zero-order valence-electron chi connectivity index (χ0n) is 13.2. The molecule has 1 aromatic heterocycles. The van der Waals surface area contributed by atoms with Crippen molar-refractivity contribution in [2.45, 2.75) is 57.2 Å². The standard InChI is InChI=1S/C15H26N4OS/c1-15(2,3)21-11-10-16-14(20)18-13-8-9-17-19(13)12-6-4-5-7-12/h8-9,12H,4-7,10-11H2,1-3H3,(H2,16,18,20). The van der Waals surface area contributed by atoms with E-state index in [4.69, 9.17) is 0 Å². The van der Waals surface area contributed by atoms with Gasteiger partial charge in [0.15, 0.2) is 0 Å². The van der Waals surface area contributed by atoms with Gasteiger partial charge in [-0.3, -0.25) is 5.32 Å². The summed E-state index contributed by atoms with van der Waals surface area (Å²) in [7, 11) is 0. The van der Waals surface area contributed by atoms with Crippen molar-refractivity contribution in [3.8, 4) is 0 Å². The van der Waals surface area contributed by atoms with Crippen molar-refractivity contribution in [1.29, 1.82) is 0 Å². The Labute approximate surface area is 131 Å². The van der Waals surface area contributed by atoms with Crippen molar-refractivity contribution in [3.63, 3.8) is 0 Å². The van der Waals surface area contributed by atoms with Gasteiger partial charge >= 0.3 is 6.03 Å². The summed E-state index contributed by atoms with van der Waals surface area (Å²) in [6, 6.07) is 2.15. The van der Waals surface area contributed by atoms with Crippen molar-refractivity contribution in [2.24, 2.45) is 0 Å². The van der Waals surface area contributed by atoms with Gasteiger partial charge in [0.25, 0.3) is 0 Å². The maximum absolute atomic E-state index is 11.9. The zero-order valence-corrected chi connectivity index (χ0v) is 14.0. The SMILES string of the molecule is CC(C)(C)SCCNC(=O)Nc1ccnn1C1CCCC1. The van der Waals surface area contributed by atoms with E-state index < -0.39 is 0 Å². The first-order valence-electron chi connectivity index (χ1n) is 7.68. The van der Waals surface area contributed by atoms with Crippen LogP contribution in [0.2, 0.25) is 0 Å². The highest BCUT2D eigenvalue weighted by Gasteiger charge is 2.20. The van der Waals surface area contributed by atoms with Gasteiger partial charge in [-0.05, 0) is 12.8 Å². The number of nitrogens with one attached hydrogen (secondary N) is 2. The quantitative estimate of drug-likeness (QED) is 0.816. The molecule has 0 aliphatic heterocycles. The molecule has 1 aromatic rings. The molecule has 5 nitrogen and oxygen atoms in total. The fraction of sp³-hybridized carbons (Fsp3) is 0.733. The van der Waals surface area contributed by atoms with Gasteiger partial charge in [-0.1, -0.05) is 33.6 Å². The molecule has 21 heavy (non-hydrogen) atoms. The number of carbonyl (C=O) groups is 1. The third kappa shape index (κ3) is 5.26. The Balaban J connectivity index is 1.76. The second kappa shape index (κ2) is 7.20. The number of urea groups is 1. The zero-order chi connectivity index (χ0) is 15.3. The predicted molar refractivity (Wildman–Crippen MR) is 89.0 cm³/mol. The Bertz CT molecular complexity index is 460. The van der Waals surface area contributed by atoms with E-state index in [1.54, 1.807) is 6.20 Å². The van der Waals surface area contributed by atoms with Crippen molar-refractivity contribution < 1.29 is 4.79 Å². The van der Waals surface area contributed by atoms with Gasteiger partial charge in [-0.2, -0.15) is 16.9 Å². The molecular formula is C15H26N4OS. The van der Waals surface area contributed by atoms with E-state index in [0.717, 1.165) is 24.4 Å². The van der Waals surface area contributed by atoms with Crippen molar-refractivity contribution in [3.05, 3.63) is 12.3 Å². The van der Waals surface area contributed by atoms with Crippen molar-refractivity contribution in [2.75, 3.05) is 17.6 Å². The molecule has 0 aromatic carbocycles. The van der Waals surface area contributed by atoms with E-state index in [1.807, 2.05) is 22.5 Å². The molecule has 0 atom stereocenters. The van der Waals surface area contributed by atoms with E-state index in [0.29, 0.717) is 12.6 Å². The van der Waals surface area contributed by atoms with Crippen molar-refractivity contribution >= 4 is 23.6 Å². The number of hydrogen-bond donors (Lipinski definition) is 2. The highest BCUT2D eigenvalue weighted by atomic mass is 32.2. The highest BCUT2D eigenvalue weighted by molar-refractivity contribution is 8.00. The van der Waals surface area contributed by atoms with E-state index >= 15 is 0 Å². The monoisotopic (exact) mass is 310 g/mol. The second-order valence-corrected chi connectivity index (χ2v) is 8.36. The summed E-state index contributed by atoms with van der Waals surface area (Å²) in [6.45, 7) is 7.21. The predicted octanol–water partition coefficient (Wildman–Crippen LogP) is 3.65. The molecule has 1 heterocycles. The lowest BCUT2D eigenvalue weighted by molar-refractivity contribution is 0.252. The fourth-order valence-electron chi connectivity index (χ4n) is 2.54. The molecule has 1 saturated carbocycles. The first-order valence-corrected chi connectivity index (χ1v) is 8.66. The molecule has 0 saturated heterocycles. The van der Waals surface area contributed by atoms with Gasteiger partial charge in [0.05, 0.1) is 12.2 Å². The minimum Gasteiger partial charge on any atom is -0.337 e. The Morgan fingerprint density at radius 1 is 1.43 bits per heavy atom. The molecule has 2 amide bonds. The van der Waals surface area contributed by atoms with Gasteiger partial charge in [0, 0.05) is 23.1 Å². The molecule has 6 heteroatoms. The highest BCUT2D eigenvalue weighted by Crippen LogP contribution is 2.31. The van der Waals surface area contributed by atoms with Crippen LogP contribution in [0.5, 0.6) is 0 Å². The van der Waals surface area contributed by atoms with Crippen LogP contribution in [0, 0.1) is 0 Å². The number of rotatable bonds is 5. The maximum Gasteiger partial charge on any atom is 0.320 e. The summed E-state index contributed by atoms with van der Waals surface area (Å²) >= 11 is 1.85. The summed E-state index contributed by atoms with van der Waals surface area (Å²) < 4.78 is 2.19. The minimum absolute atomic E-state index is 0.149. The molecular weight excluding hydrogens is 284 g/mol. The number of hydrogen-bond acceptors (Lipinski definition) is 3. The summed E-state index contributed by atoms with van der Waals surface area (Å²) in [5, 5.41) is 10.2. The lowest BCUT2D eigenvalue weighted by Gasteiger charge is -2.18. The van der Waals surface area contributed by atoms with E-state index in [2.05, 4.69) is 36.5 Å². The van der Waals surface area contributed by atoms with E-state index in [-0.39, 0.29) is 10.8 Å². The third-order valence-electron chi connectivity index (χ3n) is 3.51. The number of thioether (sulfide) groups is 1. The second-order valence-electron chi connectivity index (χ2n) is 6.44. The van der Waals surface area contributed by atoms with E-state index in [9.17, 15) is 4.79 Å². The molecule has 0 unspecified atom stereocenters. The van der Waals surface area contributed by atoms with Crippen molar-refractivity contribution in [1.82, 2.24) is 15.1 Å². The number of anilines is 1. The first kappa shape index (κ1) is 16.2. The molecule has 2 rings (SSSR count). The largest absolute Gasteiger partial charge is 0.337 e. The van der Waals surface area contributed by atoms with Crippen LogP contribution in [0.3, 0.4) is 0 Å². The molecule has 118 valence electrons. The van der Waals surface area contributed by atoms with Crippen LogP contribution in [0.4, 0.5) is 10.6 Å². The van der Waals surface area contributed by atoms with Gasteiger partial charge < -0.3 is 5.32 Å². The minimum atomic E-state index is -0.149. The van der Waals surface area contributed by atoms with Crippen LogP contribution < -0.4 is 10.6 Å². The summed E-state index contributed by atoms with van der Waals surface area (Å²) in [4.78, 5) is 11.9.